The molecule has 102 valence electrons. The van der Waals surface area contributed by atoms with Crippen molar-refractivity contribution in [3.05, 3.63) is 64.4 Å². The van der Waals surface area contributed by atoms with E-state index in [4.69, 9.17) is 16.3 Å². The van der Waals surface area contributed by atoms with Gasteiger partial charge in [-0.2, -0.15) is 0 Å². The predicted octanol–water partition coefficient (Wildman–Crippen LogP) is 3.77. The molecule has 0 aromatic heterocycles. The smallest absolute Gasteiger partial charge is 0.148 e. The Kier molecular flexibility index (Phi) is 3.45. The first kappa shape index (κ1) is 13.1. The molecular formula is C16H12ClFO2. The minimum absolute atomic E-state index is 0.0200. The van der Waals surface area contributed by atoms with Gasteiger partial charge in [0.15, 0.2) is 0 Å². The highest BCUT2D eigenvalue weighted by Crippen LogP contribution is 2.35. The Bertz CT molecular complexity index is 649. The lowest BCUT2D eigenvalue weighted by molar-refractivity contribution is -0.120. The van der Waals surface area contributed by atoms with Crippen molar-refractivity contribution in [3.8, 4) is 5.75 Å². The number of benzene rings is 2. The second kappa shape index (κ2) is 5.25. The molecule has 2 aromatic carbocycles. The van der Waals surface area contributed by atoms with E-state index in [0.29, 0.717) is 6.61 Å². The molecule has 0 bridgehead atoms. The van der Waals surface area contributed by atoms with Crippen molar-refractivity contribution < 1.29 is 13.9 Å². The summed E-state index contributed by atoms with van der Waals surface area (Å²) >= 11 is 5.96. The maximum Gasteiger partial charge on any atom is 0.148 e. The molecule has 3 rings (SSSR count). The Morgan fingerprint density at radius 2 is 2.05 bits per heavy atom. The van der Waals surface area contributed by atoms with Crippen LogP contribution >= 0.6 is 11.6 Å². The van der Waals surface area contributed by atoms with Crippen molar-refractivity contribution in [2.75, 3.05) is 6.61 Å². The highest BCUT2D eigenvalue weighted by atomic mass is 35.5. The topological polar surface area (TPSA) is 26.3 Å². The molecule has 0 aliphatic carbocycles. The van der Waals surface area contributed by atoms with Crippen LogP contribution in [0.2, 0.25) is 5.02 Å². The molecule has 2 nitrogen and oxygen atoms in total. The standard InChI is InChI=1S/C16H12ClFO2/c17-13-5-3-6-14(18)11(13)8-15(19)12-9-20-16-7-2-1-4-10(12)16/h1-7,12H,8-9H2. The van der Waals surface area contributed by atoms with Crippen LogP contribution in [-0.4, -0.2) is 12.4 Å². The lowest BCUT2D eigenvalue weighted by Crippen LogP contribution is -2.17. The van der Waals surface area contributed by atoms with E-state index < -0.39 is 5.82 Å². The van der Waals surface area contributed by atoms with Crippen LogP contribution in [-0.2, 0) is 11.2 Å². The van der Waals surface area contributed by atoms with E-state index in [9.17, 15) is 9.18 Å². The fraction of sp³-hybridized carbons (Fsp3) is 0.188. The average molecular weight is 291 g/mol. The summed E-state index contributed by atoms with van der Waals surface area (Å²) < 4.78 is 19.2. The summed E-state index contributed by atoms with van der Waals surface area (Å²) in [4.78, 5) is 12.4. The minimum Gasteiger partial charge on any atom is -0.492 e. The molecule has 0 radical (unpaired) electrons. The molecule has 0 N–H and O–H groups in total. The summed E-state index contributed by atoms with van der Waals surface area (Å²) in [5, 5.41) is 0.283. The molecule has 0 fully saturated rings. The molecule has 1 heterocycles. The summed E-state index contributed by atoms with van der Waals surface area (Å²) in [6.07, 6.45) is -0.0200. The number of carbonyl (C=O) groups excluding carboxylic acids is 1. The first-order chi connectivity index (χ1) is 9.66. The van der Waals surface area contributed by atoms with E-state index in [1.54, 1.807) is 6.07 Å². The lowest BCUT2D eigenvalue weighted by Gasteiger charge is -2.09. The van der Waals surface area contributed by atoms with Crippen molar-refractivity contribution >= 4 is 17.4 Å². The van der Waals surface area contributed by atoms with E-state index in [1.165, 1.54) is 12.1 Å². The Morgan fingerprint density at radius 3 is 2.85 bits per heavy atom. The van der Waals surface area contributed by atoms with Crippen molar-refractivity contribution in [2.24, 2.45) is 0 Å². The van der Waals surface area contributed by atoms with E-state index in [2.05, 4.69) is 0 Å². The number of ketones is 1. The van der Waals surface area contributed by atoms with Gasteiger partial charge in [-0.05, 0) is 18.2 Å². The van der Waals surface area contributed by atoms with Gasteiger partial charge >= 0.3 is 0 Å². The van der Waals surface area contributed by atoms with E-state index in [0.717, 1.165) is 11.3 Å². The first-order valence-corrected chi connectivity index (χ1v) is 6.72. The monoisotopic (exact) mass is 290 g/mol. The predicted molar refractivity (Wildman–Crippen MR) is 74.8 cm³/mol. The lowest BCUT2D eigenvalue weighted by atomic mass is 9.92. The molecule has 0 amide bonds. The number of hydrogen-bond acceptors (Lipinski definition) is 2. The van der Waals surface area contributed by atoms with Crippen molar-refractivity contribution in [1.29, 1.82) is 0 Å². The van der Waals surface area contributed by atoms with Gasteiger partial charge in [0, 0.05) is 22.6 Å². The van der Waals surface area contributed by atoms with Crippen LogP contribution in [0.4, 0.5) is 4.39 Å². The van der Waals surface area contributed by atoms with E-state index in [-0.39, 0.29) is 28.7 Å². The molecule has 1 aliphatic heterocycles. The number of carbonyl (C=O) groups is 1. The highest BCUT2D eigenvalue weighted by Gasteiger charge is 2.30. The van der Waals surface area contributed by atoms with Crippen LogP contribution in [0, 0.1) is 5.82 Å². The van der Waals surface area contributed by atoms with Crippen LogP contribution in [0.25, 0.3) is 0 Å². The molecular weight excluding hydrogens is 279 g/mol. The molecule has 4 heteroatoms. The summed E-state index contributed by atoms with van der Waals surface area (Å²) in [6, 6.07) is 11.9. The van der Waals surface area contributed by atoms with Gasteiger partial charge in [-0.25, -0.2) is 4.39 Å². The number of hydrogen-bond donors (Lipinski definition) is 0. The summed E-state index contributed by atoms with van der Waals surface area (Å²) in [6.45, 7) is 0.310. The fourth-order valence-electron chi connectivity index (χ4n) is 2.43. The van der Waals surface area contributed by atoms with Gasteiger partial charge in [0.25, 0.3) is 0 Å². The zero-order chi connectivity index (χ0) is 14.1. The second-order valence-corrected chi connectivity index (χ2v) is 5.15. The molecule has 1 aliphatic rings. The number of ether oxygens (including phenoxy) is 1. The van der Waals surface area contributed by atoms with Gasteiger partial charge in [0.1, 0.15) is 24.0 Å². The fourth-order valence-corrected chi connectivity index (χ4v) is 2.66. The summed E-state index contributed by atoms with van der Waals surface area (Å²) in [5.41, 5.74) is 1.12. The Hall–Kier alpha value is -1.87. The summed E-state index contributed by atoms with van der Waals surface area (Å²) in [5.74, 6) is -0.146. The Balaban J connectivity index is 1.85. The van der Waals surface area contributed by atoms with Crippen LogP contribution in [0.3, 0.4) is 0 Å². The number of para-hydroxylation sites is 1. The van der Waals surface area contributed by atoms with Crippen LogP contribution in [0.1, 0.15) is 17.0 Å². The molecule has 0 saturated carbocycles. The zero-order valence-electron chi connectivity index (χ0n) is 10.6. The van der Waals surface area contributed by atoms with Crippen molar-refractivity contribution in [2.45, 2.75) is 12.3 Å². The molecule has 0 spiro atoms. The average Bonchev–Trinajstić information content (AvgIpc) is 2.87. The normalized spacial score (nSPS) is 16.6. The van der Waals surface area contributed by atoms with Gasteiger partial charge in [-0.15, -0.1) is 0 Å². The first-order valence-electron chi connectivity index (χ1n) is 6.34. The van der Waals surface area contributed by atoms with Gasteiger partial charge in [0.05, 0.1) is 5.92 Å². The van der Waals surface area contributed by atoms with E-state index in [1.807, 2.05) is 24.3 Å². The third-order valence-corrected chi connectivity index (χ3v) is 3.86. The third kappa shape index (κ3) is 2.29. The van der Waals surface area contributed by atoms with Crippen LogP contribution in [0.5, 0.6) is 5.75 Å². The number of rotatable bonds is 3. The molecule has 0 saturated heterocycles. The number of Topliss-reactive ketones (excluding diaryl/α,β-unsaturated/α-hetero) is 1. The minimum atomic E-state index is -0.446. The number of halogens is 2. The Morgan fingerprint density at radius 1 is 1.25 bits per heavy atom. The summed E-state index contributed by atoms with van der Waals surface area (Å²) in [7, 11) is 0. The van der Waals surface area contributed by atoms with Crippen LogP contribution in [0.15, 0.2) is 42.5 Å². The van der Waals surface area contributed by atoms with Gasteiger partial charge in [-0.1, -0.05) is 35.9 Å². The van der Waals surface area contributed by atoms with Gasteiger partial charge in [0.2, 0.25) is 0 Å². The Labute approximate surface area is 121 Å². The molecule has 20 heavy (non-hydrogen) atoms. The van der Waals surface area contributed by atoms with Crippen molar-refractivity contribution in [3.63, 3.8) is 0 Å². The molecule has 2 aromatic rings. The molecule has 1 unspecified atom stereocenters. The number of fused-ring (bicyclic) bond motifs is 1. The zero-order valence-corrected chi connectivity index (χ0v) is 11.4. The van der Waals surface area contributed by atoms with Gasteiger partial charge in [-0.3, -0.25) is 4.79 Å². The highest BCUT2D eigenvalue weighted by molar-refractivity contribution is 6.31. The van der Waals surface area contributed by atoms with Crippen molar-refractivity contribution in [1.82, 2.24) is 0 Å². The SMILES string of the molecule is O=C(Cc1c(F)cccc1Cl)C1COc2ccccc21. The maximum atomic E-state index is 13.7. The van der Waals surface area contributed by atoms with Crippen LogP contribution < -0.4 is 4.74 Å². The second-order valence-electron chi connectivity index (χ2n) is 4.74. The molecule has 1 atom stereocenters. The van der Waals surface area contributed by atoms with Gasteiger partial charge < -0.3 is 4.74 Å². The largest absolute Gasteiger partial charge is 0.492 e. The third-order valence-electron chi connectivity index (χ3n) is 3.50. The quantitative estimate of drug-likeness (QED) is 0.860. The van der Waals surface area contributed by atoms with E-state index >= 15 is 0 Å². The maximum absolute atomic E-state index is 13.7.